The van der Waals surface area contributed by atoms with E-state index >= 15 is 0 Å². The Bertz CT molecular complexity index is 687. The Morgan fingerprint density at radius 1 is 1.16 bits per heavy atom. The predicted molar refractivity (Wildman–Crippen MR) is 76.1 cm³/mol. The summed E-state index contributed by atoms with van der Waals surface area (Å²) in [6, 6.07) is 10.2. The molecular weight excluding hydrogens is 236 g/mol. The molecule has 0 unspecified atom stereocenters. The molecule has 0 amide bonds. The molecule has 1 aromatic carbocycles. The van der Waals surface area contributed by atoms with Crippen molar-refractivity contribution >= 4 is 16.7 Å². The van der Waals surface area contributed by atoms with Crippen LogP contribution < -0.4 is 5.32 Å². The molecule has 0 atom stereocenters. The number of anilines is 1. The van der Waals surface area contributed by atoms with Gasteiger partial charge in [-0.2, -0.15) is 0 Å². The van der Waals surface area contributed by atoms with Crippen LogP contribution in [0.4, 0.5) is 5.69 Å². The van der Waals surface area contributed by atoms with Gasteiger partial charge in [0, 0.05) is 18.4 Å². The summed E-state index contributed by atoms with van der Waals surface area (Å²) in [7, 11) is 0. The van der Waals surface area contributed by atoms with Gasteiger partial charge in [-0.25, -0.2) is 4.98 Å². The lowest BCUT2D eigenvalue weighted by molar-refractivity contribution is 0.831. The highest BCUT2D eigenvalue weighted by molar-refractivity contribution is 5.84. The van der Waals surface area contributed by atoms with Crippen LogP contribution in [0.3, 0.4) is 0 Å². The number of nitrogens with zero attached hydrogens (tertiary/aromatic N) is 2. The zero-order valence-corrected chi connectivity index (χ0v) is 10.5. The van der Waals surface area contributed by atoms with E-state index in [4.69, 9.17) is 0 Å². The highest BCUT2D eigenvalue weighted by atomic mass is 15.0. The molecule has 94 valence electrons. The molecule has 4 nitrogen and oxygen atoms in total. The van der Waals surface area contributed by atoms with Crippen molar-refractivity contribution in [2.75, 3.05) is 11.9 Å². The van der Waals surface area contributed by atoms with E-state index in [9.17, 15) is 0 Å². The fraction of sp³-hybridized carbons (Fsp3) is 0.200. The Morgan fingerprint density at radius 3 is 3.05 bits per heavy atom. The second kappa shape index (κ2) is 4.09. The lowest BCUT2D eigenvalue weighted by Gasteiger charge is -2.17. The number of imidazole rings is 1. The normalized spacial score (nSPS) is 14.1. The lowest BCUT2D eigenvalue weighted by atomic mass is 10.0. The van der Waals surface area contributed by atoms with E-state index in [1.54, 1.807) is 6.20 Å². The molecule has 19 heavy (non-hydrogen) atoms. The van der Waals surface area contributed by atoms with Crippen molar-refractivity contribution in [3.05, 3.63) is 42.1 Å². The molecule has 0 spiro atoms. The molecule has 2 aromatic heterocycles. The van der Waals surface area contributed by atoms with Gasteiger partial charge in [0.1, 0.15) is 5.69 Å². The molecule has 2 N–H and O–H groups in total. The quantitative estimate of drug-likeness (QED) is 0.698. The molecule has 0 saturated heterocycles. The molecule has 3 heterocycles. The Hall–Kier alpha value is -2.36. The maximum absolute atomic E-state index is 4.63. The Kier molecular flexibility index (Phi) is 2.27. The first-order valence-corrected chi connectivity index (χ1v) is 6.58. The second-order valence-corrected chi connectivity index (χ2v) is 4.86. The summed E-state index contributed by atoms with van der Waals surface area (Å²) < 4.78 is 0. The molecule has 0 bridgehead atoms. The van der Waals surface area contributed by atoms with Crippen LogP contribution in [0.1, 0.15) is 12.0 Å². The number of aromatic amines is 1. The summed E-state index contributed by atoms with van der Waals surface area (Å²) in [4.78, 5) is 12.3. The van der Waals surface area contributed by atoms with Crippen molar-refractivity contribution in [1.82, 2.24) is 15.0 Å². The van der Waals surface area contributed by atoms with Crippen molar-refractivity contribution in [3.8, 4) is 11.5 Å². The number of aryl methyl sites for hydroxylation is 1. The fourth-order valence-corrected chi connectivity index (χ4v) is 2.60. The van der Waals surface area contributed by atoms with Crippen LogP contribution in [-0.2, 0) is 6.42 Å². The molecule has 0 fully saturated rings. The van der Waals surface area contributed by atoms with E-state index in [1.807, 2.05) is 18.2 Å². The van der Waals surface area contributed by atoms with E-state index in [0.717, 1.165) is 35.5 Å². The number of H-pyrrole nitrogens is 1. The molecule has 0 saturated carbocycles. The number of hydrogen-bond donors (Lipinski definition) is 2. The molecule has 0 radical (unpaired) electrons. The van der Waals surface area contributed by atoms with Crippen LogP contribution in [0.15, 0.2) is 36.5 Å². The van der Waals surface area contributed by atoms with Crippen LogP contribution in [-0.4, -0.2) is 21.5 Å². The van der Waals surface area contributed by atoms with Crippen molar-refractivity contribution in [1.29, 1.82) is 0 Å². The molecule has 4 heteroatoms. The van der Waals surface area contributed by atoms with Crippen molar-refractivity contribution in [3.63, 3.8) is 0 Å². The standard InChI is InChI=1S/C15H14N4/c1-2-6-16-11(5-1)15-18-13-8-10-4-3-7-17-12(10)9-14(13)19-15/h1-2,5-6,8-9,17H,3-4,7H2,(H,18,19). The van der Waals surface area contributed by atoms with Crippen LogP contribution in [0.25, 0.3) is 22.6 Å². The number of aromatic nitrogens is 3. The SMILES string of the molecule is c1ccc(-c2nc3cc4c(cc3[nH]2)CCCN4)nc1. The minimum absolute atomic E-state index is 0.831. The number of nitrogens with one attached hydrogen (secondary N) is 2. The third-order valence-corrected chi connectivity index (χ3v) is 3.55. The van der Waals surface area contributed by atoms with E-state index in [-0.39, 0.29) is 0 Å². The van der Waals surface area contributed by atoms with Gasteiger partial charge >= 0.3 is 0 Å². The van der Waals surface area contributed by atoms with Crippen LogP contribution in [0.5, 0.6) is 0 Å². The van der Waals surface area contributed by atoms with Gasteiger partial charge < -0.3 is 10.3 Å². The molecule has 0 aliphatic carbocycles. The van der Waals surface area contributed by atoms with Crippen molar-refractivity contribution < 1.29 is 0 Å². The lowest BCUT2D eigenvalue weighted by Crippen LogP contribution is -2.11. The van der Waals surface area contributed by atoms with Crippen LogP contribution in [0, 0.1) is 0 Å². The third-order valence-electron chi connectivity index (χ3n) is 3.55. The van der Waals surface area contributed by atoms with E-state index in [2.05, 4.69) is 32.4 Å². The summed E-state index contributed by atoms with van der Waals surface area (Å²) in [5.74, 6) is 0.831. The summed E-state index contributed by atoms with van der Waals surface area (Å²) in [6.45, 7) is 1.05. The zero-order chi connectivity index (χ0) is 12.7. The molecule has 3 aromatic rings. The average molecular weight is 250 g/mol. The van der Waals surface area contributed by atoms with Gasteiger partial charge in [0.2, 0.25) is 0 Å². The maximum atomic E-state index is 4.63. The summed E-state index contributed by atoms with van der Waals surface area (Å²) >= 11 is 0. The highest BCUT2D eigenvalue weighted by Crippen LogP contribution is 2.28. The monoisotopic (exact) mass is 250 g/mol. The Morgan fingerprint density at radius 2 is 2.16 bits per heavy atom. The Labute approximate surface area is 110 Å². The van der Waals surface area contributed by atoms with Crippen molar-refractivity contribution in [2.45, 2.75) is 12.8 Å². The maximum Gasteiger partial charge on any atom is 0.157 e. The van der Waals surface area contributed by atoms with Gasteiger partial charge in [-0.05, 0) is 42.7 Å². The first-order valence-electron chi connectivity index (χ1n) is 6.58. The van der Waals surface area contributed by atoms with Gasteiger partial charge in [-0.1, -0.05) is 6.07 Å². The highest BCUT2D eigenvalue weighted by Gasteiger charge is 2.12. The molecule has 4 rings (SSSR count). The van der Waals surface area contributed by atoms with Gasteiger partial charge in [-0.15, -0.1) is 0 Å². The number of rotatable bonds is 1. The number of hydrogen-bond acceptors (Lipinski definition) is 3. The molecule has 1 aliphatic heterocycles. The van der Waals surface area contributed by atoms with E-state index in [0.29, 0.717) is 0 Å². The second-order valence-electron chi connectivity index (χ2n) is 4.86. The molecular formula is C15H14N4. The summed E-state index contributed by atoms with van der Waals surface area (Å²) in [5, 5.41) is 3.43. The van der Waals surface area contributed by atoms with Gasteiger partial charge in [-0.3, -0.25) is 4.98 Å². The summed E-state index contributed by atoms with van der Waals surface area (Å²) in [5.41, 5.74) is 5.55. The topological polar surface area (TPSA) is 53.6 Å². The molecule has 1 aliphatic rings. The number of benzene rings is 1. The predicted octanol–water partition coefficient (Wildman–Crippen LogP) is 2.98. The minimum Gasteiger partial charge on any atom is -0.385 e. The van der Waals surface area contributed by atoms with Crippen molar-refractivity contribution in [2.24, 2.45) is 0 Å². The first kappa shape index (κ1) is 10.6. The minimum atomic E-state index is 0.831. The number of pyridine rings is 1. The Balaban J connectivity index is 1.87. The van der Waals surface area contributed by atoms with E-state index < -0.39 is 0 Å². The first-order chi connectivity index (χ1) is 9.40. The smallest absolute Gasteiger partial charge is 0.157 e. The average Bonchev–Trinajstić information content (AvgIpc) is 2.88. The zero-order valence-electron chi connectivity index (χ0n) is 10.5. The van der Waals surface area contributed by atoms with Gasteiger partial charge in [0.05, 0.1) is 11.0 Å². The largest absolute Gasteiger partial charge is 0.385 e. The summed E-state index contributed by atoms with van der Waals surface area (Å²) in [6.07, 6.45) is 4.12. The third kappa shape index (κ3) is 1.76. The van der Waals surface area contributed by atoms with E-state index in [1.165, 1.54) is 17.7 Å². The van der Waals surface area contributed by atoms with Gasteiger partial charge in [0.25, 0.3) is 0 Å². The van der Waals surface area contributed by atoms with Gasteiger partial charge in [0.15, 0.2) is 5.82 Å². The number of fused-ring (bicyclic) bond motifs is 2. The van der Waals surface area contributed by atoms with Crippen LogP contribution >= 0.6 is 0 Å². The van der Waals surface area contributed by atoms with Crippen LogP contribution in [0.2, 0.25) is 0 Å². The fourth-order valence-electron chi connectivity index (χ4n) is 2.60.